The van der Waals surface area contributed by atoms with E-state index < -0.39 is 0 Å². The van der Waals surface area contributed by atoms with Crippen LogP contribution >= 0.6 is 0 Å². The number of Topliss-reactive ketones (excluding diaryl/α,β-unsaturated/α-hetero) is 1. The van der Waals surface area contributed by atoms with Crippen molar-refractivity contribution in [1.29, 1.82) is 0 Å². The molecular weight excluding hydrogens is 330 g/mol. The Hall–Kier alpha value is -3.15. The van der Waals surface area contributed by atoms with Gasteiger partial charge in [-0.2, -0.15) is 0 Å². The summed E-state index contributed by atoms with van der Waals surface area (Å²) < 4.78 is 0. The predicted octanol–water partition coefficient (Wildman–Crippen LogP) is 3.08. The summed E-state index contributed by atoms with van der Waals surface area (Å²) >= 11 is 0. The van der Waals surface area contributed by atoms with Gasteiger partial charge in [-0.3, -0.25) is 14.5 Å². The first kappa shape index (κ1) is 17.7. The second-order valence-electron chi connectivity index (χ2n) is 6.38. The third kappa shape index (κ3) is 3.91. The molecule has 1 fully saturated rings. The second kappa shape index (κ2) is 7.39. The molecule has 1 N–H and O–H groups in total. The summed E-state index contributed by atoms with van der Waals surface area (Å²) in [6, 6.07) is 14.3. The van der Waals surface area contributed by atoms with Gasteiger partial charge < -0.3 is 10.2 Å². The van der Waals surface area contributed by atoms with Crippen molar-refractivity contribution >= 4 is 29.1 Å². The molecule has 6 heteroatoms. The number of ketones is 1. The molecule has 2 aromatic carbocycles. The fraction of sp³-hybridized carbons (Fsp3) is 0.250. The number of urea groups is 1. The lowest BCUT2D eigenvalue weighted by molar-refractivity contribution is -0.116. The molecule has 0 atom stereocenters. The van der Waals surface area contributed by atoms with Gasteiger partial charge in [0.2, 0.25) is 5.91 Å². The van der Waals surface area contributed by atoms with Crippen LogP contribution in [-0.4, -0.2) is 42.3 Å². The largest absolute Gasteiger partial charge is 0.325 e. The van der Waals surface area contributed by atoms with Gasteiger partial charge in [-0.1, -0.05) is 29.8 Å². The van der Waals surface area contributed by atoms with E-state index in [4.69, 9.17) is 0 Å². The van der Waals surface area contributed by atoms with Gasteiger partial charge >= 0.3 is 6.03 Å². The van der Waals surface area contributed by atoms with E-state index in [9.17, 15) is 14.4 Å². The lowest BCUT2D eigenvalue weighted by Crippen LogP contribution is -2.37. The number of amides is 3. The van der Waals surface area contributed by atoms with Gasteiger partial charge in [-0.05, 0) is 38.1 Å². The van der Waals surface area contributed by atoms with E-state index in [1.54, 1.807) is 29.2 Å². The summed E-state index contributed by atoms with van der Waals surface area (Å²) in [5.41, 5.74) is 3.04. The van der Waals surface area contributed by atoms with Gasteiger partial charge in [0.15, 0.2) is 5.78 Å². The van der Waals surface area contributed by atoms with Gasteiger partial charge in [0.25, 0.3) is 0 Å². The number of nitrogens with one attached hydrogen (secondary N) is 1. The Morgan fingerprint density at radius 2 is 1.81 bits per heavy atom. The van der Waals surface area contributed by atoms with Crippen molar-refractivity contribution in [2.45, 2.75) is 13.8 Å². The number of carbonyl (C=O) groups is 3. The van der Waals surface area contributed by atoms with Gasteiger partial charge in [-0.15, -0.1) is 0 Å². The minimum Gasteiger partial charge on any atom is -0.325 e. The van der Waals surface area contributed by atoms with Crippen molar-refractivity contribution in [2.24, 2.45) is 0 Å². The van der Waals surface area contributed by atoms with Crippen LogP contribution in [0.25, 0.3) is 0 Å². The number of anilines is 2. The average molecular weight is 351 g/mol. The number of aryl methyl sites for hydroxylation is 1. The number of hydrogen-bond donors (Lipinski definition) is 1. The molecule has 1 heterocycles. The van der Waals surface area contributed by atoms with E-state index in [2.05, 4.69) is 5.32 Å². The monoisotopic (exact) mass is 351 g/mol. The molecule has 0 radical (unpaired) electrons. The number of carbonyl (C=O) groups excluding carboxylic acids is 3. The van der Waals surface area contributed by atoms with Crippen LogP contribution in [0.2, 0.25) is 0 Å². The van der Waals surface area contributed by atoms with Crippen molar-refractivity contribution in [3.05, 3.63) is 59.7 Å². The maximum atomic E-state index is 12.5. The Balaban J connectivity index is 1.61. The van der Waals surface area contributed by atoms with Crippen LogP contribution in [0, 0.1) is 6.92 Å². The topological polar surface area (TPSA) is 69.7 Å². The van der Waals surface area contributed by atoms with Crippen molar-refractivity contribution < 1.29 is 14.4 Å². The Bertz CT molecular complexity index is 846. The van der Waals surface area contributed by atoms with Crippen molar-refractivity contribution in [3.8, 4) is 0 Å². The summed E-state index contributed by atoms with van der Waals surface area (Å²) in [5.74, 6) is -0.352. The average Bonchev–Trinajstić information content (AvgIpc) is 2.96. The van der Waals surface area contributed by atoms with E-state index in [0.29, 0.717) is 24.3 Å². The fourth-order valence-corrected chi connectivity index (χ4v) is 2.88. The van der Waals surface area contributed by atoms with Crippen LogP contribution in [0.5, 0.6) is 0 Å². The van der Waals surface area contributed by atoms with Crippen molar-refractivity contribution in [1.82, 2.24) is 4.90 Å². The standard InChI is InChI=1S/C20H21N3O3/c1-14-6-8-18(9-7-14)23-11-10-22(20(23)26)13-19(25)21-17-5-3-4-16(12-17)15(2)24/h3-9,12H,10-11,13H2,1-2H3,(H,21,25). The smallest absolute Gasteiger partial charge is 0.325 e. The molecule has 3 rings (SSSR count). The molecule has 0 aromatic heterocycles. The van der Waals surface area contributed by atoms with Crippen LogP contribution in [0.15, 0.2) is 48.5 Å². The highest BCUT2D eigenvalue weighted by molar-refractivity contribution is 6.00. The van der Waals surface area contributed by atoms with Crippen LogP contribution < -0.4 is 10.2 Å². The zero-order valence-electron chi connectivity index (χ0n) is 14.9. The van der Waals surface area contributed by atoms with E-state index in [-0.39, 0.29) is 24.3 Å². The minimum atomic E-state index is -0.287. The van der Waals surface area contributed by atoms with Gasteiger partial charge in [0.1, 0.15) is 6.54 Å². The quantitative estimate of drug-likeness (QED) is 0.842. The fourth-order valence-electron chi connectivity index (χ4n) is 2.88. The molecule has 1 saturated heterocycles. The molecule has 2 aromatic rings. The van der Waals surface area contributed by atoms with Gasteiger partial charge in [0.05, 0.1) is 0 Å². The molecule has 0 saturated carbocycles. The normalized spacial score (nSPS) is 13.8. The third-order valence-electron chi connectivity index (χ3n) is 4.33. The SMILES string of the molecule is CC(=O)c1cccc(NC(=O)CN2CCN(c3ccc(C)cc3)C2=O)c1. The Morgan fingerprint density at radius 1 is 1.08 bits per heavy atom. The first-order valence-electron chi connectivity index (χ1n) is 8.48. The van der Waals surface area contributed by atoms with Gasteiger partial charge in [0, 0.05) is 30.0 Å². The molecule has 134 valence electrons. The molecule has 0 bridgehead atoms. The maximum Gasteiger partial charge on any atom is 0.325 e. The number of benzene rings is 2. The summed E-state index contributed by atoms with van der Waals surface area (Å²) in [7, 11) is 0. The van der Waals surface area contributed by atoms with E-state index in [1.807, 2.05) is 31.2 Å². The van der Waals surface area contributed by atoms with Crippen LogP contribution in [0.3, 0.4) is 0 Å². The van der Waals surface area contributed by atoms with Crippen LogP contribution in [0.4, 0.5) is 16.2 Å². The van der Waals surface area contributed by atoms with E-state index in [1.165, 1.54) is 11.8 Å². The predicted molar refractivity (Wildman–Crippen MR) is 101 cm³/mol. The Morgan fingerprint density at radius 3 is 2.50 bits per heavy atom. The molecule has 0 aliphatic carbocycles. The molecule has 3 amide bonds. The van der Waals surface area contributed by atoms with Crippen molar-refractivity contribution in [3.63, 3.8) is 0 Å². The molecule has 6 nitrogen and oxygen atoms in total. The minimum absolute atomic E-state index is 0.0223. The first-order valence-corrected chi connectivity index (χ1v) is 8.48. The zero-order chi connectivity index (χ0) is 18.7. The van der Waals surface area contributed by atoms with Crippen LogP contribution in [0.1, 0.15) is 22.8 Å². The Kier molecular flexibility index (Phi) is 5.02. The highest BCUT2D eigenvalue weighted by Crippen LogP contribution is 2.21. The third-order valence-corrected chi connectivity index (χ3v) is 4.33. The molecule has 0 spiro atoms. The summed E-state index contributed by atoms with van der Waals surface area (Å²) in [5, 5.41) is 2.74. The highest BCUT2D eigenvalue weighted by atomic mass is 16.2. The molecular formula is C20H21N3O3. The molecule has 26 heavy (non-hydrogen) atoms. The zero-order valence-corrected chi connectivity index (χ0v) is 14.9. The number of hydrogen-bond acceptors (Lipinski definition) is 3. The lowest BCUT2D eigenvalue weighted by atomic mass is 10.1. The summed E-state index contributed by atoms with van der Waals surface area (Å²) in [4.78, 5) is 39.4. The summed E-state index contributed by atoms with van der Waals surface area (Å²) in [6.07, 6.45) is 0. The molecule has 1 aliphatic rings. The van der Waals surface area contributed by atoms with Gasteiger partial charge in [-0.25, -0.2) is 4.79 Å². The number of nitrogens with zero attached hydrogens (tertiary/aromatic N) is 2. The second-order valence-corrected chi connectivity index (χ2v) is 6.38. The first-order chi connectivity index (χ1) is 12.4. The van der Waals surface area contributed by atoms with Crippen molar-refractivity contribution in [2.75, 3.05) is 29.9 Å². The summed E-state index contributed by atoms with van der Waals surface area (Å²) in [6.45, 7) is 4.49. The lowest BCUT2D eigenvalue weighted by Gasteiger charge is -2.18. The Labute approximate surface area is 152 Å². The van der Waals surface area contributed by atoms with Crippen LogP contribution in [-0.2, 0) is 4.79 Å². The van der Waals surface area contributed by atoms with E-state index >= 15 is 0 Å². The molecule has 0 unspecified atom stereocenters. The maximum absolute atomic E-state index is 12.5. The highest BCUT2D eigenvalue weighted by Gasteiger charge is 2.30. The molecule has 1 aliphatic heterocycles. The number of rotatable bonds is 5. The van der Waals surface area contributed by atoms with E-state index in [0.717, 1.165) is 11.3 Å².